The van der Waals surface area contributed by atoms with Crippen LogP contribution in [0.15, 0.2) is 83.1 Å². The molecule has 0 saturated carbocycles. The molecule has 0 spiro atoms. The molecule has 5 nitrogen and oxygen atoms in total. The lowest BCUT2D eigenvalue weighted by Crippen LogP contribution is -2.29. The van der Waals surface area contributed by atoms with Crippen molar-refractivity contribution < 1.29 is 19.1 Å². The Balaban J connectivity index is 1.87. The molecule has 1 unspecified atom stereocenters. The van der Waals surface area contributed by atoms with Crippen LogP contribution >= 0.6 is 15.9 Å². The van der Waals surface area contributed by atoms with E-state index in [-0.39, 0.29) is 23.4 Å². The molecule has 4 rings (SSSR count). The second kappa shape index (κ2) is 8.20. The highest BCUT2D eigenvalue weighted by atomic mass is 79.9. The lowest BCUT2D eigenvalue weighted by atomic mass is 9.95. The highest BCUT2D eigenvalue weighted by Crippen LogP contribution is 2.40. The minimum Gasteiger partial charge on any atom is -0.507 e. The highest BCUT2D eigenvalue weighted by Gasteiger charge is 2.46. The number of aliphatic hydroxyl groups is 1. The number of likely N-dealkylation sites (tertiary alicyclic amines) is 1. The number of amides is 1. The van der Waals surface area contributed by atoms with Gasteiger partial charge in [-0.3, -0.25) is 14.6 Å². The first kappa shape index (κ1) is 20.0. The third-order valence-electron chi connectivity index (χ3n) is 4.90. The van der Waals surface area contributed by atoms with E-state index in [1.54, 1.807) is 36.7 Å². The van der Waals surface area contributed by atoms with Gasteiger partial charge in [0.2, 0.25) is 0 Å². The lowest BCUT2D eigenvalue weighted by Gasteiger charge is -2.25. The number of Topliss-reactive ketones (excluding diaryl/α,β-unsaturated/α-hetero) is 1. The predicted molar refractivity (Wildman–Crippen MR) is 113 cm³/mol. The molecule has 1 atom stereocenters. The van der Waals surface area contributed by atoms with Gasteiger partial charge >= 0.3 is 0 Å². The summed E-state index contributed by atoms with van der Waals surface area (Å²) >= 11 is 3.42. The van der Waals surface area contributed by atoms with E-state index in [4.69, 9.17) is 0 Å². The maximum absolute atomic E-state index is 13.3. The number of aromatic nitrogens is 1. The van der Waals surface area contributed by atoms with Crippen LogP contribution in [0, 0.1) is 5.82 Å². The van der Waals surface area contributed by atoms with Gasteiger partial charge in [-0.1, -0.05) is 34.1 Å². The molecule has 1 amide bonds. The predicted octanol–water partition coefficient (Wildman–Crippen LogP) is 4.61. The Morgan fingerprint density at radius 2 is 1.87 bits per heavy atom. The van der Waals surface area contributed by atoms with E-state index >= 15 is 0 Å². The molecule has 1 saturated heterocycles. The summed E-state index contributed by atoms with van der Waals surface area (Å²) in [5.74, 6) is -2.31. The normalized spacial score (nSPS) is 18.1. The van der Waals surface area contributed by atoms with Crippen LogP contribution in [0.3, 0.4) is 0 Å². The number of rotatable bonds is 4. The van der Waals surface area contributed by atoms with Gasteiger partial charge in [-0.25, -0.2) is 4.39 Å². The van der Waals surface area contributed by atoms with Gasteiger partial charge in [0.25, 0.3) is 11.7 Å². The molecular formula is C23H16BrFN2O3. The summed E-state index contributed by atoms with van der Waals surface area (Å²) < 4.78 is 14.1. The minimum absolute atomic E-state index is 0.0337. The van der Waals surface area contributed by atoms with Crippen molar-refractivity contribution in [3.8, 4) is 0 Å². The Hall–Kier alpha value is -3.32. The fraction of sp³-hybridized carbons (Fsp3) is 0.0870. The summed E-state index contributed by atoms with van der Waals surface area (Å²) in [4.78, 5) is 31.3. The first-order valence-corrected chi connectivity index (χ1v) is 9.93. The zero-order chi connectivity index (χ0) is 21.3. The molecule has 0 radical (unpaired) electrons. The number of halogens is 2. The number of benzene rings is 2. The van der Waals surface area contributed by atoms with Crippen LogP contribution in [0.25, 0.3) is 5.76 Å². The standard InChI is InChI=1S/C23H16BrFN2O3/c24-17-5-1-4-16(11-17)20-19(21(28)15-6-8-18(25)9-7-15)22(29)23(30)27(20)13-14-3-2-10-26-12-14/h1-12,20,28H,13H2. The number of pyridine rings is 1. The van der Waals surface area contributed by atoms with Gasteiger partial charge in [-0.15, -0.1) is 0 Å². The molecule has 2 heterocycles. The van der Waals surface area contributed by atoms with Crippen LogP contribution < -0.4 is 0 Å². The molecule has 1 fully saturated rings. The van der Waals surface area contributed by atoms with Crippen LogP contribution in [-0.2, 0) is 16.1 Å². The monoisotopic (exact) mass is 466 g/mol. The summed E-state index contributed by atoms with van der Waals surface area (Å²) in [6, 6.07) is 15.1. The zero-order valence-corrected chi connectivity index (χ0v) is 17.2. The van der Waals surface area contributed by atoms with Crippen molar-refractivity contribution in [2.45, 2.75) is 12.6 Å². The van der Waals surface area contributed by atoms with Crippen LogP contribution in [0.4, 0.5) is 4.39 Å². The fourth-order valence-corrected chi connectivity index (χ4v) is 3.93. The maximum atomic E-state index is 13.3. The summed E-state index contributed by atoms with van der Waals surface area (Å²) in [6.45, 7) is 0.149. The molecule has 1 aromatic heterocycles. The van der Waals surface area contributed by atoms with Crippen molar-refractivity contribution in [3.05, 3.63) is 106 Å². The second-order valence-electron chi connectivity index (χ2n) is 6.85. The van der Waals surface area contributed by atoms with Gasteiger partial charge in [0.15, 0.2) is 0 Å². The Morgan fingerprint density at radius 1 is 1.10 bits per heavy atom. The largest absolute Gasteiger partial charge is 0.507 e. The quantitative estimate of drug-likeness (QED) is 0.346. The third-order valence-corrected chi connectivity index (χ3v) is 5.39. The summed E-state index contributed by atoms with van der Waals surface area (Å²) in [6.07, 6.45) is 3.25. The van der Waals surface area contributed by atoms with Gasteiger partial charge in [-0.2, -0.15) is 0 Å². The molecular weight excluding hydrogens is 451 g/mol. The van der Waals surface area contributed by atoms with Gasteiger partial charge in [0.1, 0.15) is 11.6 Å². The Bertz CT molecular complexity index is 1150. The average Bonchev–Trinajstić information content (AvgIpc) is 2.99. The summed E-state index contributed by atoms with van der Waals surface area (Å²) in [7, 11) is 0. The summed E-state index contributed by atoms with van der Waals surface area (Å²) in [5, 5.41) is 10.9. The van der Waals surface area contributed by atoms with Crippen molar-refractivity contribution in [2.24, 2.45) is 0 Å². The van der Waals surface area contributed by atoms with E-state index in [2.05, 4.69) is 20.9 Å². The van der Waals surface area contributed by atoms with Gasteiger partial charge in [0.05, 0.1) is 11.6 Å². The van der Waals surface area contributed by atoms with Crippen molar-refractivity contribution >= 4 is 33.4 Å². The molecule has 30 heavy (non-hydrogen) atoms. The van der Waals surface area contributed by atoms with E-state index in [1.807, 2.05) is 12.1 Å². The van der Waals surface area contributed by atoms with E-state index < -0.39 is 23.5 Å². The van der Waals surface area contributed by atoms with Crippen molar-refractivity contribution in [1.29, 1.82) is 0 Å². The number of aliphatic hydroxyl groups excluding tert-OH is 1. The lowest BCUT2D eigenvalue weighted by molar-refractivity contribution is -0.140. The topological polar surface area (TPSA) is 70.5 Å². The Labute approximate surface area is 180 Å². The molecule has 1 aliphatic rings. The Morgan fingerprint density at radius 3 is 2.53 bits per heavy atom. The smallest absolute Gasteiger partial charge is 0.295 e. The first-order valence-electron chi connectivity index (χ1n) is 9.14. The molecule has 7 heteroatoms. The van der Waals surface area contributed by atoms with Crippen molar-refractivity contribution in [1.82, 2.24) is 9.88 Å². The van der Waals surface area contributed by atoms with Crippen molar-refractivity contribution in [3.63, 3.8) is 0 Å². The number of ketones is 1. The molecule has 1 N–H and O–H groups in total. The number of hydrogen-bond donors (Lipinski definition) is 1. The number of carbonyl (C=O) groups excluding carboxylic acids is 2. The third kappa shape index (κ3) is 3.76. The maximum Gasteiger partial charge on any atom is 0.295 e. The van der Waals surface area contributed by atoms with Crippen LogP contribution in [0.2, 0.25) is 0 Å². The van der Waals surface area contributed by atoms with E-state index in [0.29, 0.717) is 5.56 Å². The number of carbonyl (C=O) groups is 2. The molecule has 3 aromatic rings. The fourth-order valence-electron chi connectivity index (χ4n) is 3.52. The molecule has 0 aliphatic carbocycles. The Kier molecular flexibility index (Phi) is 5.46. The minimum atomic E-state index is -0.798. The van der Waals surface area contributed by atoms with Gasteiger partial charge in [-0.05, 0) is 53.6 Å². The molecule has 2 aromatic carbocycles. The highest BCUT2D eigenvalue weighted by molar-refractivity contribution is 9.10. The number of nitrogens with zero attached hydrogens (tertiary/aromatic N) is 2. The van der Waals surface area contributed by atoms with Crippen molar-refractivity contribution in [2.75, 3.05) is 0 Å². The SMILES string of the molecule is O=C1C(=O)N(Cc2cccnc2)C(c2cccc(Br)c2)C1=C(O)c1ccc(F)cc1. The first-order chi connectivity index (χ1) is 14.5. The van der Waals surface area contributed by atoms with Gasteiger partial charge < -0.3 is 10.0 Å². The van der Waals surface area contributed by atoms with E-state index in [1.165, 1.54) is 29.2 Å². The molecule has 0 bridgehead atoms. The van der Waals surface area contributed by atoms with Crippen LogP contribution in [-0.4, -0.2) is 26.7 Å². The van der Waals surface area contributed by atoms with Gasteiger partial charge in [0, 0.05) is 29.0 Å². The molecule has 150 valence electrons. The van der Waals surface area contributed by atoms with Crippen LogP contribution in [0.5, 0.6) is 0 Å². The van der Waals surface area contributed by atoms with E-state index in [0.717, 1.165) is 10.0 Å². The number of hydrogen-bond acceptors (Lipinski definition) is 4. The van der Waals surface area contributed by atoms with Crippen LogP contribution in [0.1, 0.15) is 22.7 Å². The average molecular weight is 467 g/mol. The summed E-state index contributed by atoms with van der Waals surface area (Å²) in [5.41, 5.74) is 1.64. The second-order valence-corrected chi connectivity index (χ2v) is 7.77. The zero-order valence-electron chi connectivity index (χ0n) is 15.6. The molecule has 1 aliphatic heterocycles. The van der Waals surface area contributed by atoms with E-state index in [9.17, 15) is 19.1 Å².